The second kappa shape index (κ2) is 7.72. The number of hydrogen-bond acceptors (Lipinski definition) is 4. The van der Waals surface area contributed by atoms with E-state index in [9.17, 15) is 9.59 Å². The van der Waals surface area contributed by atoms with E-state index in [2.05, 4.69) is 24.3 Å². The third-order valence-corrected chi connectivity index (χ3v) is 5.01. The highest BCUT2D eigenvalue weighted by atomic mass is 16.5. The van der Waals surface area contributed by atoms with Crippen LogP contribution in [0, 0.1) is 0 Å². The highest BCUT2D eigenvalue weighted by molar-refractivity contribution is 6.03. The minimum absolute atomic E-state index is 0.146. The number of aryl methyl sites for hydroxylation is 1. The molecule has 2 aromatic rings. The van der Waals surface area contributed by atoms with Gasteiger partial charge in [-0.2, -0.15) is 0 Å². The quantitative estimate of drug-likeness (QED) is 0.845. The van der Waals surface area contributed by atoms with E-state index in [1.54, 1.807) is 11.0 Å². The predicted molar refractivity (Wildman–Crippen MR) is 101 cm³/mol. The van der Waals surface area contributed by atoms with Crippen LogP contribution in [0.4, 0.5) is 11.4 Å². The Labute approximate surface area is 153 Å². The third kappa shape index (κ3) is 3.49. The van der Waals surface area contributed by atoms with Gasteiger partial charge in [0.2, 0.25) is 11.7 Å². The molecular formula is C20H25N3O3. The second-order valence-electron chi connectivity index (χ2n) is 6.57. The van der Waals surface area contributed by atoms with Gasteiger partial charge < -0.3 is 14.7 Å². The number of benzene rings is 1. The SMILES string of the molecule is CCC(CC)c1cc(C(=O)Nc2ccc3c(c2)CCC(=O)N3CC)on1. The highest BCUT2D eigenvalue weighted by Gasteiger charge is 2.23. The summed E-state index contributed by atoms with van der Waals surface area (Å²) in [6, 6.07) is 7.36. The van der Waals surface area contributed by atoms with Crippen molar-refractivity contribution in [2.45, 2.75) is 52.4 Å². The first-order chi connectivity index (χ1) is 12.6. The molecule has 0 saturated carbocycles. The van der Waals surface area contributed by atoms with E-state index in [1.165, 1.54) is 0 Å². The largest absolute Gasteiger partial charge is 0.351 e. The molecule has 0 aliphatic carbocycles. The van der Waals surface area contributed by atoms with Crippen LogP contribution in [-0.4, -0.2) is 23.5 Å². The molecule has 0 radical (unpaired) electrons. The van der Waals surface area contributed by atoms with Gasteiger partial charge in [-0.25, -0.2) is 0 Å². The summed E-state index contributed by atoms with van der Waals surface area (Å²) >= 11 is 0. The molecule has 0 spiro atoms. The highest BCUT2D eigenvalue weighted by Crippen LogP contribution is 2.30. The van der Waals surface area contributed by atoms with Gasteiger partial charge in [-0.1, -0.05) is 19.0 Å². The van der Waals surface area contributed by atoms with Crippen LogP contribution in [0.25, 0.3) is 0 Å². The Bertz CT molecular complexity index is 808. The van der Waals surface area contributed by atoms with Gasteiger partial charge in [0, 0.05) is 36.3 Å². The number of nitrogens with zero attached hydrogens (tertiary/aromatic N) is 2. The Morgan fingerprint density at radius 2 is 2.00 bits per heavy atom. The number of anilines is 2. The zero-order valence-corrected chi connectivity index (χ0v) is 15.5. The number of rotatable bonds is 6. The smallest absolute Gasteiger partial charge is 0.294 e. The van der Waals surface area contributed by atoms with E-state index in [1.807, 2.05) is 25.1 Å². The number of carbonyl (C=O) groups is 2. The van der Waals surface area contributed by atoms with Crippen LogP contribution in [0.3, 0.4) is 0 Å². The summed E-state index contributed by atoms with van der Waals surface area (Å²) in [7, 11) is 0. The fourth-order valence-corrected chi connectivity index (χ4v) is 3.47. The topological polar surface area (TPSA) is 75.4 Å². The van der Waals surface area contributed by atoms with Crippen LogP contribution in [0.1, 0.15) is 67.8 Å². The monoisotopic (exact) mass is 355 g/mol. The number of fused-ring (bicyclic) bond motifs is 1. The fraction of sp³-hybridized carbons (Fsp3) is 0.450. The molecule has 2 amide bonds. The van der Waals surface area contributed by atoms with Crippen LogP contribution >= 0.6 is 0 Å². The molecule has 26 heavy (non-hydrogen) atoms. The number of hydrogen-bond donors (Lipinski definition) is 1. The van der Waals surface area contributed by atoms with E-state index < -0.39 is 0 Å². The van der Waals surface area contributed by atoms with Crippen LogP contribution in [-0.2, 0) is 11.2 Å². The maximum Gasteiger partial charge on any atom is 0.294 e. The molecule has 0 bridgehead atoms. The van der Waals surface area contributed by atoms with Crippen LogP contribution in [0.2, 0.25) is 0 Å². The number of carbonyl (C=O) groups excluding carboxylic acids is 2. The number of nitrogens with one attached hydrogen (secondary N) is 1. The molecule has 0 saturated heterocycles. The lowest BCUT2D eigenvalue weighted by molar-refractivity contribution is -0.118. The van der Waals surface area contributed by atoms with Crippen LogP contribution < -0.4 is 10.2 Å². The van der Waals surface area contributed by atoms with Crippen molar-refractivity contribution in [3.8, 4) is 0 Å². The lowest BCUT2D eigenvalue weighted by Gasteiger charge is -2.28. The van der Waals surface area contributed by atoms with E-state index in [4.69, 9.17) is 4.52 Å². The van der Waals surface area contributed by atoms with Crippen molar-refractivity contribution < 1.29 is 14.1 Å². The molecule has 1 aromatic carbocycles. The summed E-state index contributed by atoms with van der Waals surface area (Å²) in [6.45, 7) is 6.80. The molecule has 0 unspecified atom stereocenters. The van der Waals surface area contributed by atoms with Gasteiger partial charge in [0.25, 0.3) is 5.91 Å². The van der Waals surface area contributed by atoms with Crippen LogP contribution in [0.5, 0.6) is 0 Å². The van der Waals surface area contributed by atoms with Crippen molar-refractivity contribution in [3.05, 3.63) is 41.3 Å². The van der Waals surface area contributed by atoms with Gasteiger partial charge in [-0.15, -0.1) is 0 Å². The minimum atomic E-state index is -0.311. The molecule has 0 atom stereocenters. The predicted octanol–water partition coefficient (Wildman–Crippen LogP) is 4.13. The molecule has 6 heteroatoms. The molecular weight excluding hydrogens is 330 g/mol. The van der Waals surface area contributed by atoms with E-state index in [0.717, 1.165) is 29.8 Å². The van der Waals surface area contributed by atoms with E-state index >= 15 is 0 Å². The van der Waals surface area contributed by atoms with Crippen molar-refractivity contribution in [2.75, 3.05) is 16.8 Å². The first kappa shape index (κ1) is 18.2. The first-order valence-electron chi connectivity index (χ1n) is 9.28. The zero-order chi connectivity index (χ0) is 18.7. The van der Waals surface area contributed by atoms with Gasteiger partial charge in [-0.3, -0.25) is 9.59 Å². The third-order valence-electron chi connectivity index (χ3n) is 5.01. The minimum Gasteiger partial charge on any atom is -0.351 e. The molecule has 0 fully saturated rings. The Kier molecular flexibility index (Phi) is 5.40. The fourth-order valence-electron chi connectivity index (χ4n) is 3.47. The number of amides is 2. The molecule has 6 nitrogen and oxygen atoms in total. The van der Waals surface area contributed by atoms with Gasteiger partial charge in [0.1, 0.15) is 0 Å². The van der Waals surface area contributed by atoms with Gasteiger partial charge in [0.15, 0.2) is 0 Å². The number of aromatic nitrogens is 1. The molecule has 2 heterocycles. The van der Waals surface area contributed by atoms with Crippen molar-refractivity contribution in [2.24, 2.45) is 0 Å². The van der Waals surface area contributed by atoms with Gasteiger partial charge in [0.05, 0.1) is 5.69 Å². The van der Waals surface area contributed by atoms with Gasteiger partial charge in [-0.05, 0) is 49.9 Å². The zero-order valence-electron chi connectivity index (χ0n) is 15.5. The lowest BCUT2D eigenvalue weighted by Crippen LogP contribution is -2.34. The molecule has 1 aromatic heterocycles. The maximum absolute atomic E-state index is 12.5. The Balaban J connectivity index is 1.75. The molecule has 138 valence electrons. The van der Waals surface area contributed by atoms with E-state index in [-0.39, 0.29) is 17.6 Å². The van der Waals surface area contributed by atoms with Crippen molar-refractivity contribution >= 4 is 23.2 Å². The summed E-state index contributed by atoms with van der Waals surface area (Å²) in [6.07, 6.45) is 3.11. The van der Waals surface area contributed by atoms with Crippen LogP contribution in [0.15, 0.2) is 28.8 Å². The summed E-state index contributed by atoms with van der Waals surface area (Å²) in [5.74, 6) is 0.359. The molecule has 1 aliphatic rings. The van der Waals surface area contributed by atoms with Crippen molar-refractivity contribution in [1.29, 1.82) is 0 Å². The Morgan fingerprint density at radius 3 is 2.69 bits per heavy atom. The molecule has 1 aliphatic heterocycles. The van der Waals surface area contributed by atoms with E-state index in [0.29, 0.717) is 31.0 Å². The average molecular weight is 355 g/mol. The molecule has 1 N–H and O–H groups in total. The lowest BCUT2D eigenvalue weighted by atomic mass is 9.99. The Hall–Kier alpha value is -2.63. The van der Waals surface area contributed by atoms with Crippen molar-refractivity contribution in [3.63, 3.8) is 0 Å². The second-order valence-corrected chi connectivity index (χ2v) is 6.57. The Morgan fingerprint density at radius 1 is 1.23 bits per heavy atom. The average Bonchev–Trinajstić information content (AvgIpc) is 3.13. The summed E-state index contributed by atoms with van der Waals surface area (Å²) in [4.78, 5) is 26.2. The normalized spacial score (nSPS) is 13.8. The maximum atomic E-state index is 12.5. The summed E-state index contributed by atoms with van der Waals surface area (Å²) in [5.41, 5.74) is 3.51. The standard InChI is InChI=1S/C20H25N3O3/c1-4-13(5-2)16-12-18(26-22-16)20(25)21-15-8-9-17-14(11-15)7-10-19(24)23(17)6-3/h8-9,11-13H,4-7,10H2,1-3H3,(H,21,25). The van der Waals surface area contributed by atoms with Crippen molar-refractivity contribution in [1.82, 2.24) is 5.16 Å². The summed E-state index contributed by atoms with van der Waals surface area (Å²) < 4.78 is 5.23. The van der Waals surface area contributed by atoms with Gasteiger partial charge >= 0.3 is 0 Å². The first-order valence-corrected chi connectivity index (χ1v) is 9.28. The summed E-state index contributed by atoms with van der Waals surface area (Å²) in [5, 5.41) is 6.91. The molecule has 3 rings (SSSR count).